The van der Waals surface area contributed by atoms with Crippen LogP contribution in [0.3, 0.4) is 0 Å². The molecule has 0 aliphatic carbocycles. The number of alkyl halides is 3. The monoisotopic (exact) mass is 301 g/mol. The summed E-state index contributed by atoms with van der Waals surface area (Å²) in [5, 5.41) is 9.63. The Labute approximate surface area is 119 Å². The molecular weight excluding hydrogens is 287 g/mol. The lowest BCUT2D eigenvalue weighted by molar-refractivity contribution is -0.0957. The van der Waals surface area contributed by atoms with Crippen molar-refractivity contribution in [3.63, 3.8) is 0 Å². The summed E-state index contributed by atoms with van der Waals surface area (Å²) in [6.45, 7) is -0.0998. The third-order valence-electron chi connectivity index (χ3n) is 3.29. The van der Waals surface area contributed by atoms with Gasteiger partial charge in [0, 0.05) is 24.2 Å². The van der Waals surface area contributed by atoms with Gasteiger partial charge < -0.3 is 14.7 Å². The summed E-state index contributed by atoms with van der Waals surface area (Å²) in [6.07, 6.45) is -3.55. The van der Waals surface area contributed by atoms with Crippen LogP contribution in [-0.2, 0) is 0 Å². The SMILES string of the molecule is COc1ccc(C(=O)N2CC=C(C(F)(F)F)CC2)cc1O. The van der Waals surface area contributed by atoms with Crippen molar-refractivity contribution in [2.45, 2.75) is 12.6 Å². The highest BCUT2D eigenvalue weighted by molar-refractivity contribution is 5.95. The summed E-state index contributed by atoms with van der Waals surface area (Å²) in [7, 11) is 1.38. The number of benzene rings is 1. The lowest BCUT2D eigenvalue weighted by Crippen LogP contribution is -2.36. The molecule has 0 radical (unpaired) electrons. The smallest absolute Gasteiger partial charge is 0.412 e. The molecule has 1 aromatic carbocycles. The van der Waals surface area contributed by atoms with Crippen molar-refractivity contribution in [2.24, 2.45) is 0 Å². The van der Waals surface area contributed by atoms with E-state index < -0.39 is 17.7 Å². The van der Waals surface area contributed by atoms with Gasteiger partial charge in [0.2, 0.25) is 0 Å². The minimum Gasteiger partial charge on any atom is -0.504 e. The number of ether oxygens (including phenoxy) is 1. The number of carbonyl (C=O) groups excluding carboxylic acids is 1. The normalized spacial score (nSPS) is 15.6. The second-order valence-electron chi connectivity index (χ2n) is 4.61. The number of aromatic hydroxyl groups is 1. The quantitative estimate of drug-likeness (QED) is 0.855. The molecule has 1 aliphatic heterocycles. The van der Waals surface area contributed by atoms with Crippen LogP contribution in [0.1, 0.15) is 16.8 Å². The van der Waals surface area contributed by atoms with E-state index in [1.165, 1.54) is 30.2 Å². The minimum atomic E-state index is -4.34. The minimum absolute atomic E-state index is 0.00301. The van der Waals surface area contributed by atoms with Crippen LogP contribution in [0.2, 0.25) is 0 Å². The highest BCUT2D eigenvalue weighted by atomic mass is 19.4. The second kappa shape index (κ2) is 5.67. The van der Waals surface area contributed by atoms with Gasteiger partial charge in [-0.15, -0.1) is 0 Å². The largest absolute Gasteiger partial charge is 0.504 e. The molecule has 7 heteroatoms. The third kappa shape index (κ3) is 3.29. The molecule has 2 rings (SSSR count). The van der Waals surface area contributed by atoms with E-state index in [2.05, 4.69) is 0 Å². The van der Waals surface area contributed by atoms with E-state index in [4.69, 9.17) is 4.74 Å². The molecular formula is C14H14F3NO3. The first kappa shape index (κ1) is 15.2. The number of amides is 1. The molecule has 1 aliphatic rings. The summed E-state index contributed by atoms with van der Waals surface area (Å²) in [4.78, 5) is 13.5. The molecule has 0 aromatic heterocycles. The van der Waals surface area contributed by atoms with Gasteiger partial charge in [0.15, 0.2) is 11.5 Å². The van der Waals surface area contributed by atoms with Gasteiger partial charge in [-0.05, 0) is 24.6 Å². The first-order valence-corrected chi connectivity index (χ1v) is 6.25. The van der Waals surface area contributed by atoms with E-state index in [0.717, 1.165) is 6.08 Å². The number of carbonyl (C=O) groups is 1. The van der Waals surface area contributed by atoms with Crippen LogP contribution >= 0.6 is 0 Å². The van der Waals surface area contributed by atoms with Gasteiger partial charge in [0.1, 0.15) is 0 Å². The number of methoxy groups -OCH3 is 1. The Bertz CT molecular complexity index is 581. The van der Waals surface area contributed by atoms with Crippen molar-refractivity contribution in [3.05, 3.63) is 35.4 Å². The van der Waals surface area contributed by atoms with Crippen molar-refractivity contribution < 1.29 is 27.8 Å². The Morgan fingerprint density at radius 1 is 1.38 bits per heavy atom. The second-order valence-corrected chi connectivity index (χ2v) is 4.61. The van der Waals surface area contributed by atoms with Crippen LogP contribution in [0.25, 0.3) is 0 Å². The van der Waals surface area contributed by atoms with Gasteiger partial charge >= 0.3 is 6.18 Å². The molecule has 114 valence electrons. The zero-order valence-corrected chi connectivity index (χ0v) is 11.3. The molecule has 0 atom stereocenters. The molecule has 0 saturated carbocycles. The van der Waals surface area contributed by atoms with Crippen LogP contribution in [0.4, 0.5) is 13.2 Å². The first-order chi connectivity index (χ1) is 9.82. The zero-order valence-electron chi connectivity index (χ0n) is 11.3. The summed E-state index contributed by atoms with van der Waals surface area (Å²) in [5.41, 5.74) is -0.402. The van der Waals surface area contributed by atoms with Crippen LogP contribution < -0.4 is 4.74 Å². The highest BCUT2D eigenvalue weighted by Crippen LogP contribution is 2.31. The molecule has 0 fully saturated rings. The predicted octanol–water partition coefficient (Wildman–Crippen LogP) is 2.74. The Morgan fingerprint density at radius 2 is 2.10 bits per heavy atom. The number of hydrogen-bond acceptors (Lipinski definition) is 3. The zero-order chi connectivity index (χ0) is 15.6. The predicted molar refractivity (Wildman–Crippen MR) is 69.3 cm³/mol. The van der Waals surface area contributed by atoms with E-state index in [0.29, 0.717) is 0 Å². The highest BCUT2D eigenvalue weighted by Gasteiger charge is 2.35. The molecule has 4 nitrogen and oxygen atoms in total. The number of rotatable bonds is 2. The number of nitrogens with zero attached hydrogens (tertiary/aromatic N) is 1. The van der Waals surface area contributed by atoms with Gasteiger partial charge in [0.05, 0.1) is 7.11 Å². The van der Waals surface area contributed by atoms with Gasteiger partial charge in [-0.3, -0.25) is 4.79 Å². The molecule has 1 amide bonds. The standard InChI is InChI=1S/C14H14F3NO3/c1-21-12-3-2-9(8-11(12)19)13(20)18-6-4-10(5-7-18)14(15,16)17/h2-4,8,19H,5-7H2,1H3. The Hall–Kier alpha value is -2.18. The van der Waals surface area contributed by atoms with Gasteiger partial charge in [-0.25, -0.2) is 0 Å². The van der Waals surface area contributed by atoms with E-state index >= 15 is 0 Å². The summed E-state index contributed by atoms with van der Waals surface area (Å²) >= 11 is 0. The molecule has 21 heavy (non-hydrogen) atoms. The average molecular weight is 301 g/mol. The van der Waals surface area contributed by atoms with Crippen molar-refractivity contribution in [2.75, 3.05) is 20.2 Å². The molecule has 0 bridgehead atoms. The maximum atomic E-state index is 12.5. The Balaban J connectivity index is 2.12. The van der Waals surface area contributed by atoms with Crippen LogP contribution in [-0.4, -0.2) is 42.3 Å². The summed E-state index contributed by atoms with van der Waals surface area (Å²) < 4.78 is 42.4. The Morgan fingerprint density at radius 3 is 2.57 bits per heavy atom. The average Bonchev–Trinajstić information content (AvgIpc) is 2.45. The van der Waals surface area contributed by atoms with Crippen molar-refractivity contribution >= 4 is 5.91 Å². The first-order valence-electron chi connectivity index (χ1n) is 6.25. The number of phenols is 1. The molecule has 0 saturated heterocycles. The van der Waals surface area contributed by atoms with E-state index in [-0.39, 0.29) is 36.6 Å². The van der Waals surface area contributed by atoms with Crippen LogP contribution in [0, 0.1) is 0 Å². The molecule has 1 N–H and O–H groups in total. The van der Waals surface area contributed by atoms with Crippen molar-refractivity contribution in [1.29, 1.82) is 0 Å². The van der Waals surface area contributed by atoms with Gasteiger partial charge in [-0.1, -0.05) is 6.08 Å². The topological polar surface area (TPSA) is 49.8 Å². The maximum absolute atomic E-state index is 12.5. The Kier molecular flexibility index (Phi) is 4.11. The third-order valence-corrected chi connectivity index (χ3v) is 3.29. The fourth-order valence-electron chi connectivity index (χ4n) is 2.12. The summed E-state index contributed by atoms with van der Waals surface area (Å²) in [5.74, 6) is -0.387. The van der Waals surface area contributed by atoms with E-state index in [1.807, 2.05) is 0 Å². The molecule has 0 unspecified atom stereocenters. The fraction of sp³-hybridized carbons (Fsp3) is 0.357. The lowest BCUT2D eigenvalue weighted by atomic mass is 10.1. The van der Waals surface area contributed by atoms with Gasteiger partial charge in [-0.2, -0.15) is 13.2 Å². The van der Waals surface area contributed by atoms with Gasteiger partial charge in [0.25, 0.3) is 5.91 Å². The maximum Gasteiger partial charge on any atom is 0.412 e. The molecule has 1 heterocycles. The summed E-state index contributed by atoms with van der Waals surface area (Å²) in [6, 6.07) is 4.14. The lowest BCUT2D eigenvalue weighted by Gasteiger charge is -2.27. The number of halogens is 3. The van der Waals surface area contributed by atoms with Crippen molar-refractivity contribution in [1.82, 2.24) is 4.90 Å². The van der Waals surface area contributed by atoms with Crippen molar-refractivity contribution in [3.8, 4) is 11.5 Å². The van der Waals surface area contributed by atoms with Crippen LogP contribution in [0.15, 0.2) is 29.8 Å². The van der Waals surface area contributed by atoms with E-state index in [9.17, 15) is 23.1 Å². The van der Waals surface area contributed by atoms with E-state index in [1.54, 1.807) is 0 Å². The number of hydrogen-bond donors (Lipinski definition) is 1. The molecule has 1 aromatic rings. The molecule has 0 spiro atoms. The number of phenolic OH excluding ortho intramolecular Hbond substituents is 1. The fourth-order valence-corrected chi connectivity index (χ4v) is 2.12. The van der Waals surface area contributed by atoms with Crippen LogP contribution in [0.5, 0.6) is 11.5 Å².